The van der Waals surface area contributed by atoms with Crippen molar-refractivity contribution < 1.29 is 18.4 Å². The molecule has 1 amide bonds. The molecule has 7 heteroatoms. The Kier molecular flexibility index (Phi) is 5.26. The third-order valence-electron chi connectivity index (χ3n) is 3.50. The van der Waals surface area contributed by atoms with Gasteiger partial charge < -0.3 is 14.2 Å². The van der Waals surface area contributed by atoms with Crippen molar-refractivity contribution in [2.75, 3.05) is 7.05 Å². The average Bonchev–Trinajstić information content (AvgIpc) is 2.81. The molecule has 5 nitrogen and oxygen atoms in total. The molecule has 1 atom stereocenters. The molecule has 2 rings (SSSR count). The number of carbonyl (C=O) groups is 1. The number of carbonyl (C=O) groups excluding carboxylic acids is 1. The largest absolute Gasteiger partial charge is 0.479 e. The smallest absolute Gasteiger partial charge is 0.263 e. The Morgan fingerprint density at radius 1 is 1.48 bits per heavy atom. The van der Waals surface area contributed by atoms with Crippen molar-refractivity contribution in [1.29, 1.82) is 0 Å². The van der Waals surface area contributed by atoms with Crippen LogP contribution in [0, 0.1) is 19.7 Å². The van der Waals surface area contributed by atoms with E-state index in [1.54, 1.807) is 20.9 Å². The van der Waals surface area contributed by atoms with E-state index in [1.165, 1.54) is 17.0 Å². The lowest BCUT2D eigenvalue weighted by atomic mass is 10.2. The molecule has 1 aromatic carbocycles. The van der Waals surface area contributed by atoms with Gasteiger partial charge in [-0.1, -0.05) is 16.8 Å². The second kappa shape index (κ2) is 7.00. The van der Waals surface area contributed by atoms with Crippen molar-refractivity contribution in [2.45, 2.75) is 33.4 Å². The SMILES string of the molecule is Cc1noc(C)c1CN(C)C(=O)[C@@H](C)Oc1ccc(F)cc1Cl. The molecule has 0 unspecified atom stereocenters. The van der Waals surface area contributed by atoms with Crippen LogP contribution in [-0.4, -0.2) is 29.1 Å². The molecule has 0 N–H and O–H groups in total. The number of nitrogens with zero attached hydrogens (tertiary/aromatic N) is 2. The van der Waals surface area contributed by atoms with Crippen LogP contribution in [0.4, 0.5) is 4.39 Å². The first-order chi connectivity index (χ1) is 10.8. The second-order valence-corrected chi connectivity index (χ2v) is 5.74. The topological polar surface area (TPSA) is 55.6 Å². The van der Waals surface area contributed by atoms with Crippen LogP contribution in [0.5, 0.6) is 5.75 Å². The number of hydrogen-bond acceptors (Lipinski definition) is 4. The predicted molar refractivity (Wildman–Crippen MR) is 84.0 cm³/mol. The first-order valence-corrected chi connectivity index (χ1v) is 7.45. The summed E-state index contributed by atoms with van der Waals surface area (Å²) in [7, 11) is 1.67. The fourth-order valence-corrected chi connectivity index (χ4v) is 2.38. The van der Waals surface area contributed by atoms with Crippen LogP contribution in [0.15, 0.2) is 22.7 Å². The standard InChI is InChI=1S/C16H18ClFN2O3/c1-9-13(10(2)23-19-9)8-20(4)16(21)11(3)22-15-6-5-12(18)7-14(15)17/h5-7,11H,8H2,1-4H3/t11-/m1/s1. The predicted octanol–water partition coefficient (Wildman–Crippen LogP) is 3.51. The quantitative estimate of drug-likeness (QED) is 0.835. The molecule has 1 heterocycles. The van der Waals surface area contributed by atoms with Gasteiger partial charge in [0, 0.05) is 12.6 Å². The molecular weight excluding hydrogens is 323 g/mol. The second-order valence-electron chi connectivity index (χ2n) is 5.33. The highest BCUT2D eigenvalue weighted by molar-refractivity contribution is 6.32. The molecule has 0 saturated carbocycles. The van der Waals surface area contributed by atoms with E-state index in [-0.39, 0.29) is 16.7 Å². The van der Waals surface area contributed by atoms with Gasteiger partial charge in [-0.3, -0.25) is 4.79 Å². The number of ether oxygens (including phenoxy) is 1. The number of halogens is 2. The molecule has 0 spiro atoms. The lowest BCUT2D eigenvalue weighted by Gasteiger charge is -2.22. The maximum Gasteiger partial charge on any atom is 0.263 e. The minimum absolute atomic E-state index is 0.123. The summed E-state index contributed by atoms with van der Waals surface area (Å²) in [6, 6.07) is 3.77. The monoisotopic (exact) mass is 340 g/mol. The van der Waals surface area contributed by atoms with Gasteiger partial charge in [0.2, 0.25) is 0 Å². The summed E-state index contributed by atoms with van der Waals surface area (Å²) in [5.41, 5.74) is 1.62. The zero-order chi connectivity index (χ0) is 17.1. The van der Waals surface area contributed by atoms with E-state index in [9.17, 15) is 9.18 Å². The molecule has 1 aromatic heterocycles. The van der Waals surface area contributed by atoms with E-state index in [1.807, 2.05) is 6.92 Å². The van der Waals surface area contributed by atoms with Gasteiger partial charge in [0.1, 0.15) is 17.3 Å². The van der Waals surface area contributed by atoms with Crippen LogP contribution in [-0.2, 0) is 11.3 Å². The Morgan fingerprint density at radius 3 is 2.74 bits per heavy atom. The zero-order valence-electron chi connectivity index (χ0n) is 13.4. The maximum absolute atomic E-state index is 13.0. The van der Waals surface area contributed by atoms with Gasteiger partial charge >= 0.3 is 0 Å². The lowest BCUT2D eigenvalue weighted by molar-refractivity contribution is -0.137. The van der Waals surface area contributed by atoms with Gasteiger partial charge in [0.25, 0.3) is 5.91 Å². The summed E-state index contributed by atoms with van der Waals surface area (Å²) in [4.78, 5) is 13.9. The van der Waals surface area contributed by atoms with Gasteiger partial charge in [0.05, 0.1) is 17.3 Å². The molecule has 23 heavy (non-hydrogen) atoms. The number of amides is 1. The highest BCUT2D eigenvalue weighted by atomic mass is 35.5. The first-order valence-electron chi connectivity index (χ1n) is 7.08. The van der Waals surface area contributed by atoms with Crippen molar-refractivity contribution in [3.8, 4) is 5.75 Å². The fraction of sp³-hybridized carbons (Fsp3) is 0.375. The summed E-state index contributed by atoms with van der Waals surface area (Å²) in [5, 5.41) is 3.99. The third kappa shape index (κ3) is 4.01. The Labute approximate surface area is 139 Å². The highest BCUT2D eigenvalue weighted by Gasteiger charge is 2.22. The number of likely N-dealkylation sites (N-methyl/N-ethyl adjacent to an activating group) is 1. The highest BCUT2D eigenvalue weighted by Crippen LogP contribution is 2.26. The van der Waals surface area contributed by atoms with E-state index >= 15 is 0 Å². The van der Waals surface area contributed by atoms with Crippen molar-refractivity contribution in [1.82, 2.24) is 10.1 Å². The summed E-state index contributed by atoms with van der Waals surface area (Å²) in [6.07, 6.45) is -0.761. The molecular formula is C16H18ClFN2O3. The molecule has 0 radical (unpaired) electrons. The Morgan fingerprint density at radius 2 is 2.17 bits per heavy atom. The average molecular weight is 341 g/mol. The van der Waals surface area contributed by atoms with E-state index in [0.717, 1.165) is 17.3 Å². The molecule has 0 saturated heterocycles. The Balaban J connectivity index is 2.04. The summed E-state index contributed by atoms with van der Waals surface area (Å²) < 4.78 is 23.6. The van der Waals surface area contributed by atoms with Gasteiger partial charge in [-0.15, -0.1) is 0 Å². The minimum atomic E-state index is -0.761. The number of aryl methyl sites for hydroxylation is 2. The normalized spacial score (nSPS) is 12.1. The van der Waals surface area contributed by atoms with Crippen LogP contribution >= 0.6 is 11.6 Å². The summed E-state index contributed by atoms with van der Waals surface area (Å²) >= 11 is 5.90. The van der Waals surface area contributed by atoms with E-state index in [0.29, 0.717) is 12.3 Å². The number of benzene rings is 1. The maximum atomic E-state index is 13.0. The van der Waals surface area contributed by atoms with Crippen molar-refractivity contribution in [3.63, 3.8) is 0 Å². The van der Waals surface area contributed by atoms with Crippen LogP contribution in [0.2, 0.25) is 5.02 Å². The molecule has 0 aliphatic heterocycles. The third-order valence-corrected chi connectivity index (χ3v) is 3.79. The minimum Gasteiger partial charge on any atom is -0.479 e. The van der Waals surface area contributed by atoms with Gasteiger partial charge in [-0.25, -0.2) is 4.39 Å². The molecule has 0 aliphatic carbocycles. The number of rotatable bonds is 5. The van der Waals surface area contributed by atoms with Crippen LogP contribution < -0.4 is 4.74 Å². The Hall–Kier alpha value is -2.08. The lowest BCUT2D eigenvalue weighted by Crippen LogP contribution is -2.37. The number of aromatic nitrogens is 1. The molecule has 2 aromatic rings. The van der Waals surface area contributed by atoms with Crippen molar-refractivity contribution >= 4 is 17.5 Å². The van der Waals surface area contributed by atoms with Crippen molar-refractivity contribution in [2.24, 2.45) is 0 Å². The van der Waals surface area contributed by atoms with Crippen molar-refractivity contribution in [3.05, 3.63) is 46.1 Å². The van der Waals surface area contributed by atoms with Crippen LogP contribution in [0.25, 0.3) is 0 Å². The van der Waals surface area contributed by atoms with E-state index < -0.39 is 11.9 Å². The zero-order valence-corrected chi connectivity index (χ0v) is 14.1. The first kappa shape index (κ1) is 17.3. The van der Waals surface area contributed by atoms with Gasteiger partial charge in [-0.2, -0.15) is 0 Å². The van der Waals surface area contributed by atoms with Crippen LogP contribution in [0.3, 0.4) is 0 Å². The van der Waals surface area contributed by atoms with E-state index in [2.05, 4.69) is 5.16 Å². The molecule has 0 bridgehead atoms. The number of hydrogen-bond donors (Lipinski definition) is 0. The summed E-state index contributed by atoms with van der Waals surface area (Å²) in [6.45, 7) is 5.60. The van der Waals surface area contributed by atoms with Gasteiger partial charge in [0.15, 0.2) is 6.10 Å². The molecule has 124 valence electrons. The van der Waals surface area contributed by atoms with E-state index in [4.69, 9.17) is 20.9 Å². The van der Waals surface area contributed by atoms with Gasteiger partial charge in [-0.05, 0) is 39.0 Å². The summed E-state index contributed by atoms with van der Waals surface area (Å²) in [5.74, 6) is 0.249. The van der Waals surface area contributed by atoms with Crippen LogP contribution in [0.1, 0.15) is 23.9 Å². The molecule has 0 fully saturated rings. The Bertz CT molecular complexity index is 698. The molecule has 0 aliphatic rings. The fourth-order valence-electron chi connectivity index (χ4n) is 2.16.